The van der Waals surface area contributed by atoms with E-state index in [1.165, 1.54) is 4.90 Å². The van der Waals surface area contributed by atoms with Crippen LogP contribution in [-0.4, -0.2) is 43.4 Å². The number of aryl methyl sites for hydroxylation is 2. The first kappa shape index (κ1) is 21.7. The normalized spacial score (nSPS) is 21.5. The molecule has 172 valence electrons. The summed E-state index contributed by atoms with van der Waals surface area (Å²) in [5.41, 5.74) is 2.77. The number of sulfone groups is 1. The topological polar surface area (TPSA) is 93.9 Å². The predicted octanol–water partition coefficient (Wildman–Crippen LogP) is 3.54. The van der Waals surface area contributed by atoms with Crippen molar-refractivity contribution in [1.82, 2.24) is 4.90 Å². The van der Waals surface area contributed by atoms with Gasteiger partial charge in [0.15, 0.2) is 15.3 Å². The van der Waals surface area contributed by atoms with Crippen molar-refractivity contribution in [1.29, 1.82) is 0 Å². The summed E-state index contributed by atoms with van der Waals surface area (Å²) in [6.07, 6.45) is 0.329. The highest BCUT2D eigenvalue weighted by Gasteiger charge is 2.48. The van der Waals surface area contributed by atoms with Gasteiger partial charge in [-0.3, -0.25) is 9.59 Å². The number of fused-ring (bicyclic) bond motifs is 2. The zero-order valence-corrected chi connectivity index (χ0v) is 19.6. The summed E-state index contributed by atoms with van der Waals surface area (Å²) in [6.45, 7) is 6.10. The fraction of sp³-hybridized carbons (Fsp3) is 0.360. The number of hydrogen-bond acceptors (Lipinski definition) is 6. The lowest BCUT2D eigenvalue weighted by atomic mass is 9.96. The summed E-state index contributed by atoms with van der Waals surface area (Å²) in [5, 5.41) is 0.422. The van der Waals surface area contributed by atoms with Crippen LogP contribution in [0.15, 0.2) is 45.6 Å². The molecule has 2 aliphatic heterocycles. The second-order valence-electron chi connectivity index (χ2n) is 8.81. The maximum atomic E-state index is 13.8. The van der Waals surface area contributed by atoms with E-state index in [0.29, 0.717) is 35.3 Å². The van der Waals surface area contributed by atoms with Gasteiger partial charge in [0, 0.05) is 6.04 Å². The molecular weight excluding hydrogens is 442 g/mol. The molecule has 0 N–H and O–H groups in total. The fourth-order valence-electron chi connectivity index (χ4n) is 5.08. The summed E-state index contributed by atoms with van der Waals surface area (Å²) in [5.74, 6) is 0.0611. The average Bonchev–Trinajstić information content (AvgIpc) is 3.26. The van der Waals surface area contributed by atoms with Crippen LogP contribution in [0.1, 0.15) is 52.2 Å². The molecule has 2 unspecified atom stereocenters. The van der Waals surface area contributed by atoms with Gasteiger partial charge in [-0.2, -0.15) is 0 Å². The van der Waals surface area contributed by atoms with Crippen molar-refractivity contribution in [2.24, 2.45) is 0 Å². The Balaban J connectivity index is 1.77. The van der Waals surface area contributed by atoms with Crippen LogP contribution in [0.25, 0.3) is 11.0 Å². The second-order valence-corrected chi connectivity index (χ2v) is 11.0. The molecular formula is C25H25NO6S. The molecule has 0 aliphatic carbocycles. The largest absolute Gasteiger partial charge is 0.494 e. The molecule has 3 heterocycles. The zero-order chi connectivity index (χ0) is 23.5. The molecule has 33 heavy (non-hydrogen) atoms. The molecule has 0 saturated carbocycles. The Morgan fingerprint density at radius 3 is 2.64 bits per heavy atom. The minimum absolute atomic E-state index is 0.00411. The van der Waals surface area contributed by atoms with Crippen LogP contribution >= 0.6 is 0 Å². The van der Waals surface area contributed by atoms with Gasteiger partial charge in [0.25, 0.3) is 5.91 Å². The SMILES string of the molecule is CCOc1cccc(C2c3c(oc4c(C)cc(C)cc4c3=O)C(=O)N2C2CCS(=O)(=O)C2)c1. The van der Waals surface area contributed by atoms with E-state index < -0.39 is 27.8 Å². The lowest BCUT2D eigenvalue weighted by Gasteiger charge is -2.30. The quantitative estimate of drug-likeness (QED) is 0.583. The van der Waals surface area contributed by atoms with E-state index >= 15 is 0 Å². The van der Waals surface area contributed by atoms with Crippen molar-refractivity contribution in [3.8, 4) is 5.75 Å². The lowest BCUT2D eigenvalue weighted by Crippen LogP contribution is -2.40. The summed E-state index contributed by atoms with van der Waals surface area (Å²) in [7, 11) is -3.25. The Labute approximate surface area is 191 Å². The van der Waals surface area contributed by atoms with Gasteiger partial charge in [0.05, 0.1) is 35.1 Å². The van der Waals surface area contributed by atoms with Gasteiger partial charge in [-0.15, -0.1) is 0 Å². The standard InChI is InChI=1S/C25H25NO6S/c1-4-31-18-7-5-6-16(12-18)21-20-22(27)19-11-14(2)10-15(3)23(19)32-24(20)25(28)26(21)17-8-9-33(29,30)13-17/h5-7,10-12,17,21H,4,8-9,13H2,1-3H3. The van der Waals surface area contributed by atoms with Gasteiger partial charge in [-0.05, 0) is 62.1 Å². The Kier molecular flexibility index (Phi) is 5.08. The summed E-state index contributed by atoms with van der Waals surface area (Å²) in [4.78, 5) is 28.9. The third-order valence-corrected chi connectivity index (χ3v) is 8.17. The van der Waals surface area contributed by atoms with Crippen LogP contribution in [0.3, 0.4) is 0 Å². The highest BCUT2D eigenvalue weighted by atomic mass is 32.2. The second kappa shape index (κ2) is 7.73. The smallest absolute Gasteiger partial charge is 0.291 e. The molecule has 2 atom stereocenters. The van der Waals surface area contributed by atoms with Gasteiger partial charge in [-0.1, -0.05) is 18.2 Å². The Morgan fingerprint density at radius 1 is 1.15 bits per heavy atom. The van der Waals surface area contributed by atoms with E-state index in [4.69, 9.17) is 9.15 Å². The molecule has 1 fully saturated rings. The van der Waals surface area contributed by atoms with Gasteiger partial charge in [0.2, 0.25) is 5.76 Å². The molecule has 1 aromatic heterocycles. The van der Waals surface area contributed by atoms with Crippen molar-refractivity contribution < 1.29 is 22.4 Å². The maximum Gasteiger partial charge on any atom is 0.291 e. The highest BCUT2D eigenvalue weighted by Crippen LogP contribution is 2.42. The van der Waals surface area contributed by atoms with Crippen molar-refractivity contribution in [3.63, 3.8) is 0 Å². The van der Waals surface area contributed by atoms with E-state index in [9.17, 15) is 18.0 Å². The zero-order valence-electron chi connectivity index (χ0n) is 18.8. The van der Waals surface area contributed by atoms with Crippen LogP contribution < -0.4 is 10.2 Å². The monoisotopic (exact) mass is 467 g/mol. The van der Waals surface area contributed by atoms with Crippen LogP contribution in [-0.2, 0) is 9.84 Å². The van der Waals surface area contributed by atoms with Gasteiger partial charge in [0.1, 0.15) is 11.3 Å². The van der Waals surface area contributed by atoms with Crippen LogP contribution in [0.4, 0.5) is 0 Å². The number of rotatable bonds is 4. The predicted molar refractivity (Wildman–Crippen MR) is 125 cm³/mol. The first-order valence-electron chi connectivity index (χ1n) is 11.0. The number of ether oxygens (including phenoxy) is 1. The first-order chi connectivity index (χ1) is 15.7. The van der Waals surface area contributed by atoms with Gasteiger partial charge >= 0.3 is 0 Å². The molecule has 1 saturated heterocycles. The number of carbonyl (C=O) groups excluding carboxylic acids is 1. The third kappa shape index (κ3) is 3.53. The number of nitrogens with zero attached hydrogens (tertiary/aromatic N) is 1. The lowest BCUT2D eigenvalue weighted by molar-refractivity contribution is 0.0662. The molecule has 2 aromatic carbocycles. The molecule has 5 rings (SSSR count). The number of amides is 1. The Bertz CT molecular complexity index is 1460. The molecule has 0 bridgehead atoms. The molecule has 0 radical (unpaired) electrons. The molecule has 8 heteroatoms. The summed E-state index contributed by atoms with van der Waals surface area (Å²) in [6, 6.07) is 9.66. The Hall–Kier alpha value is -3.13. The number of benzene rings is 2. The van der Waals surface area contributed by atoms with E-state index in [1.54, 1.807) is 12.1 Å². The van der Waals surface area contributed by atoms with Crippen molar-refractivity contribution in [2.75, 3.05) is 18.1 Å². The fourth-order valence-corrected chi connectivity index (χ4v) is 6.80. The highest BCUT2D eigenvalue weighted by molar-refractivity contribution is 7.91. The van der Waals surface area contributed by atoms with Crippen molar-refractivity contribution >= 4 is 26.7 Å². The van der Waals surface area contributed by atoms with Crippen LogP contribution in [0.2, 0.25) is 0 Å². The molecule has 2 aliphatic rings. The first-order valence-corrected chi connectivity index (χ1v) is 12.9. The average molecular weight is 468 g/mol. The Morgan fingerprint density at radius 2 is 1.94 bits per heavy atom. The van der Waals surface area contributed by atoms with E-state index in [1.807, 2.05) is 45.0 Å². The van der Waals surface area contributed by atoms with Gasteiger partial charge in [-0.25, -0.2) is 8.42 Å². The van der Waals surface area contributed by atoms with Crippen molar-refractivity contribution in [3.05, 3.63) is 74.6 Å². The van der Waals surface area contributed by atoms with Gasteiger partial charge < -0.3 is 14.1 Å². The molecule has 1 amide bonds. The maximum absolute atomic E-state index is 13.8. The molecule has 7 nitrogen and oxygen atoms in total. The molecule has 3 aromatic rings. The van der Waals surface area contributed by atoms with Crippen LogP contribution in [0, 0.1) is 13.8 Å². The molecule has 0 spiro atoms. The number of hydrogen-bond donors (Lipinski definition) is 0. The summed E-state index contributed by atoms with van der Waals surface area (Å²) >= 11 is 0. The van der Waals surface area contributed by atoms with E-state index in [-0.39, 0.29) is 28.3 Å². The number of carbonyl (C=O) groups is 1. The third-order valence-electron chi connectivity index (χ3n) is 6.42. The van der Waals surface area contributed by atoms with E-state index in [2.05, 4.69) is 0 Å². The minimum Gasteiger partial charge on any atom is -0.494 e. The summed E-state index contributed by atoms with van der Waals surface area (Å²) < 4.78 is 36.2. The van der Waals surface area contributed by atoms with Crippen molar-refractivity contribution in [2.45, 2.75) is 39.3 Å². The minimum atomic E-state index is -3.25. The van der Waals surface area contributed by atoms with E-state index in [0.717, 1.165) is 11.1 Å². The van der Waals surface area contributed by atoms with Crippen LogP contribution in [0.5, 0.6) is 5.75 Å².